The van der Waals surface area contributed by atoms with Crippen LogP contribution in [0.5, 0.6) is 0 Å². The van der Waals surface area contributed by atoms with E-state index in [2.05, 4.69) is 5.32 Å². The molecule has 19 heavy (non-hydrogen) atoms. The molecule has 1 rings (SSSR count). The van der Waals surface area contributed by atoms with E-state index in [9.17, 15) is 9.59 Å². The standard InChI is InChI=1S/C15H21NO3/c1-4-16-15(19)12(7-8-14(17)18)13-9-10(2)5-6-11(13)3/h5-6,9,12H,4,7-8H2,1-3H3,(H,16,19)(H,17,18). The Balaban J connectivity index is 3.03. The molecule has 0 aliphatic rings. The predicted octanol–water partition coefficient (Wildman–Crippen LogP) is 2.39. The van der Waals surface area contributed by atoms with Gasteiger partial charge in [-0.15, -0.1) is 0 Å². The lowest BCUT2D eigenvalue weighted by molar-refractivity contribution is -0.137. The number of carboxylic acid groups (broad SMARTS) is 1. The Kier molecular flexibility index (Phi) is 5.55. The minimum atomic E-state index is -0.875. The summed E-state index contributed by atoms with van der Waals surface area (Å²) in [4.78, 5) is 22.9. The molecule has 0 aliphatic heterocycles. The summed E-state index contributed by atoms with van der Waals surface area (Å²) in [6.07, 6.45) is 0.320. The molecule has 4 heteroatoms. The lowest BCUT2D eigenvalue weighted by Gasteiger charge is -2.18. The third kappa shape index (κ3) is 4.39. The quantitative estimate of drug-likeness (QED) is 0.828. The van der Waals surface area contributed by atoms with Crippen LogP contribution in [0.3, 0.4) is 0 Å². The molecule has 2 N–H and O–H groups in total. The number of aryl methyl sites for hydroxylation is 2. The number of benzene rings is 1. The van der Waals surface area contributed by atoms with Crippen LogP contribution in [-0.2, 0) is 9.59 Å². The Morgan fingerprint density at radius 2 is 2.00 bits per heavy atom. The molecule has 0 radical (unpaired) electrons. The number of carbonyl (C=O) groups excluding carboxylic acids is 1. The Hall–Kier alpha value is -1.84. The van der Waals surface area contributed by atoms with Gasteiger partial charge in [0.05, 0.1) is 5.92 Å². The van der Waals surface area contributed by atoms with E-state index in [0.29, 0.717) is 13.0 Å². The Morgan fingerprint density at radius 1 is 1.32 bits per heavy atom. The van der Waals surface area contributed by atoms with Gasteiger partial charge in [0.15, 0.2) is 0 Å². The Bertz CT molecular complexity index is 468. The summed E-state index contributed by atoms with van der Waals surface area (Å²) in [7, 11) is 0. The highest BCUT2D eigenvalue weighted by atomic mass is 16.4. The average Bonchev–Trinajstić information content (AvgIpc) is 2.33. The van der Waals surface area contributed by atoms with Crippen molar-refractivity contribution in [1.82, 2.24) is 5.32 Å². The zero-order chi connectivity index (χ0) is 14.4. The first-order chi connectivity index (χ1) is 8.95. The number of likely N-dealkylation sites (N-methyl/N-ethyl adjacent to an activating group) is 1. The molecule has 1 amide bonds. The molecule has 104 valence electrons. The van der Waals surface area contributed by atoms with Crippen LogP contribution < -0.4 is 5.32 Å². The zero-order valence-electron chi connectivity index (χ0n) is 11.7. The van der Waals surface area contributed by atoms with Gasteiger partial charge in [-0.05, 0) is 38.3 Å². The average molecular weight is 263 g/mol. The normalized spacial score (nSPS) is 11.9. The van der Waals surface area contributed by atoms with Crippen molar-refractivity contribution in [2.45, 2.75) is 39.5 Å². The second kappa shape index (κ2) is 6.92. The minimum Gasteiger partial charge on any atom is -0.481 e. The molecule has 1 aromatic rings. The van der Waals surface area contributed by atoms with Crippen molar-refractivity contribution < 1.29 is 14.7 Å². The van der Waals surface area contributed by atoms with E-state index < -0.39 is 11.9 Å². The lowest BCUT2D eigenvalue weighted by atomic mass is 9.89. The molecule has 1 unspecified atom stereocenters. The van der Waals surface area contributed by atoms with Crippen molar-refractivity contribution in [1.29, 1.82) is 0 Å². The van der Waals surface area contributed by atoms with Gasteiger partial charge in [0.2, 0.25) is 5.91 Å². The first kappa shape index (κ1) is 15.2. The van der Waals surface area contributed by atoms with E-state index in [1.165, 1.54) is 0 Å². The molecule has 4 nitrogen and oxygen atoms in total. The van der Waals surface area contributed by atoms with Crippen molar-refractivity contribution in [3.63, 3.8) is 0 Å². The van der Waals surface area contributed by atoms with Crippen LogP contribution in [0.4, 0.5) is 0 Å². The van der Waals surface area contributed by atoms with Crippen LogP contribution in [0, 0.1) is 13.8 Å². The number of hydrogen-bond donors (Lipinski definition) is 2. The fourth-order valence-electron chi connectivity index (χ4n) is 2.13. The van der Waals surface area contributed by atoms with E-state index in [0.717, 1.165) is 16.7 Å². The van der Waals surface area contributed by atoms with Crippen molar-refractivity contribution >= 4 is 11.9 Å². The van der Waals surface area contributed by atoms with Gasteiger partial charge in [0, 0.05) is 13.0 Å². The third-order valence-corrected chi connectivity index (χ3v) is 3.12. The van der Waals surface area contributed by atoms with E-state index in [4.69, 9.17) is 5.11 Å². The van der Waals surface area contributed by atoms with Gasteiger partial charge >= 0.3 is 5.97 Å². The van der Waals surface area contributed by atoms with Gasteiger partial charge in [-0.25, -0.2) is 0 Å². The van der Waals surface area contributed by atoms with E-state index in [1.54, 1.807) is 0 Å². The summed E-state index contributed by atoms with van der Waals surface area (Å²) in [5, 5.41) is 11.6. The molecule has 0 saturated heterocycles. The molecule has 0 aromatic heterocycles. The summed E-state index contributed by atoms with van der Waals surface area (Å²) in [6, 6.07) is 5.93. The maximum absolute atomic E-state index is 12.1. The fraction of sp³-hybridized carbons (Fsp3) is 0.467. The first-order valence-corrected chi connectivity index (χ1v) is 6.52. The number of amides is 1. The van der Waals surface area contributed by atoms with Gasteiger partial charge < -0.3 is 10.4 Å². The molecule has 0 heterocycles. The van der Waals surface area contributed by atoms with E-state index >= 15 is 0 Å². The summed E-state index contributed by atoms with van der Waals surface area (Å²) < 4.78 is 0. The van der Waals surface area contributed by atoms with Gasteiger partial charge in [-0.3, -0.25) is 9.59 Å². The number of aliphatic carboxylic acids is 1. The summed E-state index contributed by atoms with van der Waals surface area (Å²) >= 11 is 0. The van der Waals surface area contributed by atoms with Crippen molar-refractivity contribution in [2.24, 2.45) is 0 Å². The van der Waals surface area contributed by atoms with E-state index in [-0.39, 0.29) is 12.3 Å². The third-order valence-electron chi connectivity index (χ3n) is 3.12. The number of carbonyl (C=O) groups is 2. The second-order valence-electron chi connectivity index (χ2n) is 4.74. The highest BCUT2D eigenvalue weighted by molar-refractivity contribution is 5.84. The highest BCUT2D eigenvalue weighted by Crippen LogP contribution is 2.26. The number of hydrogen-bond acceptors (Lipinski definition) is 2. The first-order valence-electron chi connectivity index (χ1n) is 6.52. The largest absolute Gasteiger partial charge is 0.481 e. The SMILES string of the molecule is CCNC(=O)C(CCC(=O)O)c1cc(C)ccc1C. The molecule has 0 bridgehead atoms. The van der Waals surface area contributed by atoms with Crippen molar-refractivity contribution in [3.8, 4) is 0 Å². The van der Waals surface area contributed by atoms with Crippen LogP contribution in [0.15, 0.2) is 18.2 Å². The smallest absolute Gasteiger partial charge is 0.303 e. The minimum absolute atomic E-state index is 0.00478. The molecule has 0 fully saturated rings. The molecular weight excluding hydrogens is 242 g/mol. The summed E-state index contributed by atoms with van der Waals surface area (Å²) in [5.74, 6) is -1.37. The molecule has 0 spiro atoms. The fourth-order valence-corrected chi connectivity index (χ4v) is 2.13. The zero-order valence-corrected chi connectivity index (χ0v) is 11.7. The van der Waals surface area contributed by atoms with Crippen molar-refractivity contribution in [2.75, 3.05) is 6.54 Å². The highest BCUT2D eigenvalue weighted by Gasteiger charge is 2.22. The van der Waals surface area contributed by atoms with Gasteiger partial charge in [-0.1, -0.05) is 23.8 Å². The van der Waals surface area contributed by atoms with Crippen LogP contribution in [0.2, 0.25) is 0 Å². The van der Waals surface area contributed by atoms with Gasteiger partial charge in [0.1, 0.15) is 0 Å². The van der Waals surface area contributed by atoms with Crippen LogP contribution in [-0.4, -0.2) is 23.5 Å². The maximum atomic E-state index is 12.1. The van der Waals surface area contributed by atoms with Gasteiger partial charge in [0.25, 0.3) is 0 Å². The van der Waals surface area contributed by atoms with Crippen LogP contribution in [0.1, 0.15) is 42.4 Å². The maximum Gasteiger partial charge on any atom is 0.303 e. The summed E-state index contributed by atoms with van der Waals surface area (Å²) in [6.45, 7) is 6.32. The van der Waals surface area contributed by atoms with E-state index in [1.807, 2.05) is 39.0 Å². The van der Waals surface area contributed by atoms with Gasteiger partial charge in [-0.2, -0.15) is 0 Å². The van der Waals surface area contributed by atoms with Crippen molar-refractivity contribution in [3.05, 3.63) is 34.9 Å². The number of nitrogens with one attached hydrogen (secondary N) is 1. The Morgan fingerprint density at radius 3 is 2.58 bits per heavy atom. The number of carboxylic acids is 1. The predicted molar refractivity (Wildman–Crippen MR) is 74.2 cm³/mol. The molecule has 1 aromatic carbocycles. The second-order valence-corrected chi connectivity index (χ2v) is 4.74. The van der Waals surface area contributed by atoms with Crippen LogP contribution in [0.25, 0.3) is 0 Å². The molecule has 0 saturated carbocycles. The number of rotatable bonds is 6. The summed E-state index contributed by atoms with van der Waals surface area (Å²) in [5.41, 5.74) is 3.02. The Labute approximate surface area is 113 Å². The molecule has 0 aliphatic carbocycles. The van der Waals surface area contributed by atoms with Crippen LogP contribution >= 0.6 is 0 Å². The lowest BCUT2D eigenvalue weighted by Crippen LogP contribution is -2.30. The molecular formula is C15H21NO3. The molecule has 1 atom stereocenters. The monoisotopic (exact) mass is 263 g/mol. The topological polar surface area (TPSA) is 66.4 Å².